The maximum absolute atomic E-state index is 11.4. The average molecular weight is 270 g/mol. The molecule has 4 unspecified atom stereocenters. The fourth-order valence-electron chi connectivity index (χ4n) is 4.61. The zero-order valence-corrected chi connectivity index (χ0v) is 11.8. The molecule has 1 aromatic carbocycles. The van der Waals surface area contributed by atoms with Crippen LogP contribution in [0.1, 0.15) is 49.3 Å². The Hall–Kier alpha value is -1.35. The molecule has 0 aromatic heterocycles. The maximum atomic E-state index is 11.4. The fourth-order valence-corrected chi connectivity index (χ4v) is 4.61. The zero-order chi connectivity index (χ0) is 13.7. The van der Waals surface area contributed by atoms with Crippen LogP contribution in [0.2, 0.25) is 0 Å². The summed E-state index contributed by atoms with van der Waals surface area (Å²) < 4.78 is 0. The van der Waals surface area contributed by atoms with Crippen LogP contribution in [0.3, 0.4) is 0 Å². The van der Waals surface area contributed by atoms with Crippen molar-refractivity contribution >= 4 is 11.6 Å². The van der Waals surface area contributed by atoms with Crippen molar-refractivity contribution in [2.24, 2.45) is 23.5 Å². The first-order chi connectivity index (χ1) is 9.69. The number of rotatable bonds is 3. The summed E-state index contributed by atoms with van der Waals surface area (Å²) in [6.07, 6.45) is 7.32. The Morgan fingerprint density at radius 1 is 1.30 bits per heavy atom. The van der Waals surface area contributed by atoms with Crippen LogP contribution in [-0.4, -0.2) is 5.91 Å². The lowest BCUT2D eigenvalue weighted by atomic mass is 9.83. The van der Waals surface area contributed by atoms with Gasteiger partial charge in [-0.1, -0.05) is 18.6 Å². The summed E-state index contributed by atoms with van der Waals surface area (Å²) in [6.45, 7) is 0. The first-order valence-corrected chi connectivity index (χ1v) is 7.87. The summed E-state index contributed by atoms with van der Waals surface area (Å²) in [6, 6.07) is 6.35. The van der Waals surface area contributed by atoms with Crippen LogP contribution in [0.15, 0.2) is 18.2 Å². The number of amides is 1. The first kappa shape index (κ1) is 12.4. The standard InChI is InChI=1S/C17H22N2O/c18-15(8-13-6-10-1-2-11(13)5-10)12-3-4-16-14(7-12)9-17(20)19-16/h3-4,7,10-11,13,15H,1-2,5-6,8-9,18H2,(H,19,20). The van der Waals surface area contributed by atoms with Gasteiger partial charge in [0, 0.05) is 11.7 Å². The molecule has 4 atom stereocenters. The maximum Gasteiger partial charge on any atom is 0.228 e. The van der Waals surface area contributed by atoms with Crippen molar-refractivity contribution in [3.05, 3.63) is 29.3 Å². The van der Waals surface area contributed by atoms with Gasteiger partial charge in [0.05, 0.1) is 6.42 Å². The van der Waals surface area contributed by atoms with Gasteiger partial charge in [0.1, 0.15) is 0 Å². The molecule has 2 saturated carbocycles. The molecular formula is C17H22N2O. The second-order valence-electron chi connectivity index (χ2n) is 6.92. The molecule has 0 radical (unpaired) electrons. The van der Waals surface area contributed by atoms with E-state index in [1.807, 2.05) is 6.07 Å². The monoisotopic (exact) mass is 270 g/mol. The molecule has 2 bridgehead atoms. The fraction of sp³-hybridized carbons (Fsp3) is 0.588. The third-order valence-electron chi connectivity index (χ3n) is 5.62. The lowest BCUT2D eigenvalue weighted by molar-refractivity contribution is -0.115. The van der Waals surface area contributed by atoms with Crippen LogP contribution in [-0.2, 0) is 11.2 Å². The van der Waals surface area contributed by atoms with Gasteiger partial charge >= 0.3 is 0 Å². The Kier molecular flexibility index (Phi) is 2.84. The molecule has 4 rings (SSSR count). The van der Waals surface area contributed by atoms with E-state index in [9.17, 15) is 4.79 Å². The summed E-state index contributed by atoms with van der Waals surface area (Å²) in [5.74, 6) is 2.85. The number of nitrogens with two attached hydrogens (primary N) is 1. The molecule has 106 valence electrons. The smallest absolute Gasteiger partial charge is 0.228 e. The Morgan fingerprint density at radius 3 is 2.95 bits per heavy atom. The quantitative estimate of drug-likeness (QED) is 0.887. The largest absolute Gasteiger partial charge is 0.326 e. The molecule has 20 heavy (non-hydrogen) atoms. The number of hydrogen-bond donors (Lipinski definition) is 2. The van der Waals surface area contributed by atoms with E-state index in [1.165, 1.54) is 31.2 Å². The second kappa shape index (κ2) is 4.59. The molecule has 3 N–H and O–H groups in total. The molecule has 3 aliphatic rings. The van der Waals surface area contributed by atoms with E-state index < -0.39 is 0 Å². The van der Waals surface area contributed by atoms with E-state index in [-0.39, 0.29) is 11.9 Å². The van der Waals surface area contributed by atoms with Crippen molar-refractivity contribution in [3.8, 4) is 0 Å². The number of carbonyl (C=O) groups is 1. The molecule has 0 spiro atoms. The van der Waals surface area contributed by atoms with Gasteiger partial charge in [0.2, 0.25) is 5.91 Å². The van der Waals surface area contributed by atoms with Crippen molar-refractivity contribution in [1.29, 1.82) is 0 Å². The van der Waals surface area contributed by atoms with Gasteiger partial charge in [0.15, 0.2) is 0 Å². The molecule has 3 nitrogen and oxygen atoms in total. The normalized spacial score (nSPS) is 32.2. The molecule has 1 aromatic rings. The van der Waals surface area contributed by atoms with E-state index >= 15 is 0 Å². The minimum atomic E-state index is 0.0961. The first-order valence-electron chi connectivity index (χ1n) is 7.87. The number of benzene rings is 1. The van der Waals surface area contributed by atoms with Gasteiger partial charge < -0.3 is 11.1 Å². The van der Waals surface area contributed by atoms with Crippen molar-refractivity contribution < 1.29 is 4.79 Å². The SMILES string of the molecule is NC(CC1CC2CCC1C2)c1ccc2c(c1)CC(=O)N2. The van der Waals surface area contributed by atoms with E-state index in [4.69, 9.17) is 5.73 Å². The van der Waals surface area contributed by atoms with Crippen molar-refractivity contribution in [2.75, 3.05) is 5.32 Å². The third kappa shape index (κ3) is 2.05. The van der Waals surface area contributed by atoms with Crippen molar-refractivity contribution in [3.63, 3.8) is 0 Å². The van der Waals surface area contributed by atoms with E-state index in [0.29, 0.717) is 6.42 Å². The van der Waals surface area contributed by atoms with Gasteiger partial charge in [-0.25, -0.2) is 0 Å². The highest BCUT2D eigenvalue weighted by molar-refractivity contribution is 5.99. The second-order valence-corrected chi connectivity index (χ2v) is 6.92. The molecular weight excluding hydrogens is 248 g/mol. The number of nitrogens with one attached hydrogen (secondary N) is 1. The molecule has 2 fully saturated rings. The summed E-state index contributed by atoms with van der Waals surface area (Å²) in [7, 11) is 0. The molecule has 2 aliphatic carbocycles. The highest BCUT2D eigenvalue weighted by atomic mass is 16.1. The molecule has 1 amide bonds. The highest BCUT2D eigenvalue weighted by Gasteiger charge is 2.39. The number of fused-ring (bicyclic) bond motifs is 3. The van der Waals surface area contributed by atoms with Crippen molar-refractivity contribution in [1.82, 2.24) is 0 Å². The predicted octanol–water partition coefficient (Wildman–Crippen LogP) is 3.01. The van der Waals surface area contributed by atoms with Crippen LogP contribution in [0.4, 0.5) is 5.69 Å². The van der Waals surface area contributed by atoms with Gasteiger partial charge in [-0.15, -0.1) is 0 Å². The average Bonchev–Trinajstić information content (AvgIpc) is 3.10. The van der Waals surface area contributed by atoms with Gasteiger partial charge in [-0.05, 0) is 60.6 Å². The Balaban J connectivity index is 1.47. The lowest BCUT2D eigenvalue weighted by Crippen LogP contribution is -2.19. The van der Waals surface area contributed by atoms with Crippen LogP contribution in [0.25, 0.3) is 0 Å². The van der Waals surface area contributed by atoms with Gasteiger partial charge in [-0.2, -0.15) is 0 Å². The summed E-state index contributed by atoms with van der Waals surface area (Å²) in [5.41, 5.74) is 9.70. The number of carbonyl (C=O) groups excluding carboxylic acids is 1. The summed E-state index contributed by atoms with van der Waals surface area (Å²) in [5, 5.41) is 2.88. The Morgan fingerprint density at radius 2 is 2.20 bits per heavy atom. The topological polar surface area (TPSA) is 55.1 Å². The highest BCUT2D eigenvalue weighted by Crippen LogP contribution is 2.50. The van der Waals surface area contributed by atoms with Crippen molar-refractivity contribution in [2.45, 2.75) is 44.6 Å². The van der Waals surface area contributed by atoms with E-state index in [1.54, 1.807) is 0 Å². The zero-order valence-electron chi connectivity index (χ0n) is 11.8. The summed E-state index contributed by atoms with van der Waals surface area (Å²) in [4.78, 5) is 11.4. The van der Waals surface area contributed by atoms with Gasteiger partial charge in [0.25, 0.3) is 0 Å². The van der Waals surface area contributed by atoms with E-state index in [2.05, 4.69) is 17.4 Å². The molecule has 1 aliphatic heterocycles. The molecule has 1 heterocycles. The van der Waals surface area contributed by atoms with Gasteiger partial charge in [-0.3, -0.25) is 4.79 Å². The molecule has 3 heteroatoms. The van der Waals surface area contributed by atoms with Crippen LogP contribution >= 0.6 is 0 Å². The van der Waals surface area contributed by atoms with Crippen LogP contribution in [0, 0.1) is 17.8 Å². The number of hydrogen-bond acceptors (Lipinski definition) is 2. The molecule has 0 saturated heterocycles. The third-order valence-corrected chi connectivity index (χ3v) is 5.62. The lowest BCUT2D eigenvalue weighted by Gasteiger charge is -2.25. The van der Waals surface area contributed by atoms with Crippen LogP contribution in [0.5, 0.6) is 0 Å². The van der Waals surface area contributed by atoms with E-state index in [0.717, 1.165) is 35.4 Å². The van der Waals surface area contributed by atoms with Crippen LogP contribution < -0.4 is 11.1 Å². The minimum absolute atomic E-state index is 0.0961. The minimum Gasteiger partial charge on any atom is -0.326 e. The Bertz CT molecular complexity index is 554. The summed E-state index contributed by atoms with van der Waals surface area (Å²) >= 11 is 0. The Labute approximate surface area is 119 Å². The predicted molar refractivity (Wildman–Crippen MR) is 79.3 cm³/mol. The number of anilines is 1.